The Hall–Kier alpha value is -4.14. The summed E-state index contributed by atoms with van der Waals surface area (Å²) in [5.74, 6) is 2.61. The summed E-state index contributed by atoms with van der Waals surface area (Å²) in [6.45, 7) is 19.1. The quantitative estimate of drug-likeness (QED) is 0.158. The topological polar surface area (TPSA) is 88.5 Å². The highest BCUT2D eigenvalue weighted by atomic mass is 16.5. The van der Waals surface area contributed by atoms with Crippen LogP contribution in [-0.2, 0) is 27.4 Å². The molecule has 62 heavy (non-hydrogen) atoms. The minimum absolute atomic E-state index is 0. The number of methoxy groups -OCH3 is 1. The molecule has 1 N–H and O–H groups in total. The number of rotatable bonds is 10. The first-order valence-corrected chi connectivity index (χ1v) is 23.2. The molecule has 2 unspecified atom stereocenters. The van der Waals surface area contributed by atoms with Crippen LogP contribution in [0.1, 0.15) is 124 Å². The van der Waals surface area contributed by atoms with Crippen LogP contribution in [0.2, 0.25) is 0 Å². The van der Waals surface area contributed by atoms with Gasteiger partial charge in [-0.1, -0.05) is 85.4 Å². The molecule has 0 radical (unpaired) electrons. The van der Waals surface area contributed by atoms with Crippen LogP contribution in [0.5, 0.6) is 11.5 Å². The fraction of sp³-hybridized carbons (Fsp3) is 0.593. The molecule has 2 atom stereocenters. The summed E-state index contributed by atoms with van der Waals surface area (Å²) in [4.78, 5) is 27.5. The lowest BCUT2D eigenvalue weighted by atomic mass is 9.72. The van der Waals surface area contributed by atoms with Gasteiger partial charge in [0.25, 0.3) is 0 Å². The van der Waals surface area contributed by atoms with Gasteiger partial charge in [-0.05, 0) is 169 Å². The van der Waals surface area contributed by atoms with E-state index in [4.69, 9.17) is 14.2 Å². The number of fused-ring (bicyclic) bond motifs is 2. The molecule has 0 bridgehead atoms. The maximum absolute atomic E-state index is 11.8. The molecule has 4 aromatic rings. The Morgan fingerprint density at radius 3 is 1.34 bits per heavy atom. The molecule has 0 spiro atoms. The van der Waals surface area contributed by atoms with Gasteiger partial charge in [-0.2, -0.15) is 0 Å². The van der Waals surface area contributed by atoms with E-state index in [2.05, 4.69) is 124 Å². The van der Waals surface area contributed by atoms with Crippen molar-refractivity contribution in [3.8, 4) is 11.5 Å². The molecule has 2 saturated carbocycles. The first-order valence-electron chi connectivity index (χ1n) is 23.2. The zero-order valence-electron chi connectivity index (χ0n) is 38.1. The molecule has 0 aromatic heterocycles. The maximum Gasteiger partial charge on any atom is 0.310 e. The molecular weight excluding hydrogens is 773 g/mol. The minimum Gasteiger partial charge on any atom is -0.490 e. The fourth-order valence-corrected chi connectivity index (χ4v) is 10.4. The average Bonchev–Trinajstić information content (AvgIpc) is 3.91. The van der Waals surface area contributed by atoms with Gasteiger partial charge in [0.15, 0.2) is 0 Å². The number of ether oxygens (including phenoxy) is 3. The number of carboxylic acid groups (broad SMARTS) is 1. The van der Waals surface area contributed by atoms with Gasteiger partial charge in [0, 0.05) is 26.2 Å². The molecule has 4 fully saturated rings. The van der Waals surface area contributed by atoms with E-state index < -0.39 is 5.97 Å². The highest BCUT2D eigenvalue weighted by Gasteiger charge is 2.33. The summed E-state index contributed by atoms with van der Waals surface area (Å²) in [7, 11) is 1.48. The summed E-state index contributed by atoms with van der Waals surface area (Å²) >= 11 is 0. The van der Waals surface area contributed by atoms with Crippen molar-refractivity contribution < 1.29 is 28.9 Å². The zero-order valence-corrected chi connectivity index (χ0v) is 38.1. The van der Waals surface area contributed by atoms with Crippen molar-refractivity contribution in [1.29, 1.82) is 0 Å². The lowest BCUT2D eigenvalue weighted by molar-refractivity contribution is -0.145. The summed E-state index contributed by atoms with van der Waals surface area (Å²) in [5, 5.41) is 14.1. The van der Waals surface area contributed by atoms with Gasteiger partial charge in [-0.15, -0.1) is 0 Å². The highest BCUT2D eigenvalue weighted by Crippen LogP contribution is 2.40. The van der Waals surface area contributed by atoms with Gasteiger partial charge in [0.1, 0.15) is 11.5 Å². The van der Waals surface area contributed by atoms with Gasteiger partial charge in [0.05, 0.1) is 31.2 Å². The van der Waals surface area contributed by atoms with E-state index >= 15 is 0 Å². The van der Waals surface area contributed by atoms with Crippen LogP contribution in [0.15, 0.2) is 72.8 Å². The number of likely N-dealkylation sites (tertiary alicyclic amines) is 2. The molecule has 4 aliphatic rings. The molecule has 2 saturated heterocycles. The van der Waals surface area contributed by atoms with Crippen LogP contribution in [0.4, 0.5) is 0 Å². The van der Waals surface area contributed by atoms with Crippen LogP contribution in [0, 0.1) is 34.5 Å². The van der Waals surface area contributed by atoms with Crippen LogP contribution in [0.25, 0.3) is 21.5 Å². The first-order chi connectivity index (χ1) is 29.1. The number of carbonyl (C=O) groups is 2. The second kappa shape index (κ2) is 20.6. The van der Waals surface area contributed by atoms with Crippen molar-refractivity contribution >= 4 is 33.5 Å². The number of carboxylic acids is 1. The Balaban J connectivity index is 0.000000204. The Morgan fingerprint density at radius 2 is 0.952 bits per heavy atom. The van der Waals surface area contributed by atoms with Crippen molar-refractivity contribution in [3.05, 3.63) is 83.9 Å². The van der Waals surface area contributed by atoms with Crippen molar-refractivity contribution in [2.24, 2.45) is 34.5 Å². The predicted octanol–water partition coefficient (Wildman–Crippen LogP) is 12.2. The van der Waals surface area contributed by atoms with Crippen molar-refractivity contribution in [2.45, 2.75) is 138 Å². The molecule has 2 heterocycles. The normalized spacial score (nSPS) is 24.8. The third-order valence-corrected chi connectivity index (χ3v) is 14.4. The number of aliphatic carboxylic acids is 1. The van der Waals surface area contributed by atoms with E-state index in [1.54, 1.807) is 0 Å². The van der Waals surface area contributed by atoms with Crippen molar-refractivity contribution in [3.63, 3.8) is 0 Å². The standard InChI is InChI=1S/C27H37NO3.C26H35NO3.CH4/c1-27(2,3)23-8-11-24(12-9-23)31-25-10-7-20-15-19(5-6-21(20)16-25)17-28-14-13-22(18-28)26(29)30-4;1-26(2,3)22-7-10-23(11-8-22)30-24-9-6-19-14-18(4-5-20(19)15-24)16-27-13-12-21(17-27)25(28)29;/h5-7,10,15-16,22-24H,8-9,11-14,17-18H2,1-4H3;4-6,9,14-15,21-23H,7-8,10-13,16-17H2,1-3H3,(H,28,29);1H4. The molecule has 8 rings (SSSR count). The maximum atomic E-state index is 11.8. The zero-order chi connectivity index (χ0) is 43.3. The molecule has 2 aliphatic carbocycles. The summed E-state index contributed by atoms with van der Waals surface area (Å²) in [6.07, 6.45) is 11.9. The van der Waals surface area contributed by atoms with Gasteiger partial charge < -0.3 is 19.3 Å². The number of nitrogens with zero attached hydrogens (tertiary/aromatic N) is 2. The molecular formula is C54H76N2O6. The molecule has 4 aromatic carbocycles. The summed E-state index contributed by atoms with van der Waals surface area (Å²) in [6, 6.07) is 26.1. The predicted molar refractivity (Wildman–Crippen MR) is 253 cm³/mol. The monoisotopic (exact) mass is 849 g/mol. The summed E-state index contributed by atoms with van der Waals surface area (Å²) < 4.78 is 17.6. The minimum atomic E-state index is -0.671. The number of benzene rings is 4. The Kier molecular flexibility index (Phi) is 15.7. The van der Waals surface area contributed by atoms with E-state index in [0.29, 0.717) is 29.6 Å². The van der Waals surface area contributed by atoms with Gasteiger partial charge in [0.2, 0.25) is 0 Å². The Labute approximate surface area is 372 Å². The number of esters is 1. The Morgan fingerprint density at radius 1 is 0.565 bits per heavy atom. The molecule has 338 valence electrons. The molecule has 8 heteroatoms. The lowest BCUT2D eigenvalue weighted by Gasteiger charge is -2.37. The Bertz CT molecular complexity index is 2100. The summed E-state index contributed by atoms with van der Waals surface area (Å²) in [5.41, 5.74) is 3.32. The lowest BCUT2D eigenvalue weighted by Crippen LogP contribution is -2.30. The second-order valence-electron chi connectivity index (χ2n) is 20.9. The fourth-order valence-electron chi connectivity index (χ4n) is 10.4. The van der Waals surface area contributed by atoms with E-state index in [9.17, 15) is 14.7 Å². The smallest absolute Gasteiger partial charge is 0.310 e. The van der Waals surface area contributed by atoms with Gasteiger partial charge >= 0.3 is 11.9 Å². The largest absolute Gasteiger partial charge is 0.490 e. The highest BCUT2D eigenvalue weighted by molar-refractivity contribution is 5.85. The number of hydrogen-bond donors (Lipinski definition) is 1. The molecule has 0 amide bonds. The average molecular weight is 849 g/mol. The van der Waals surface area contributed by atoms with Gasteiger partial charge in [-0.3, -0.25) is 19.4 Å². The van der Waals surface area contributed by atoms with Crippen LogP contribution in [-0.4, -0.2) is 72.3 Å². The SMILES string of the molecule is C.CC(C)(C)C1CCC(Oc2ccc3cc(CN4CCC(C(=O)O)C4)ccc3c2)CC1.COC(=O)C1CCN(Cc2ccc3cc(OC4CCC(C(C)(C)C)CC4)ccc3c2)C1. The van der Waals surface area contributed by atoms with E-state index in [0.717, 1.165) is 94.6 Å². The number of carbonyl (C=O) groups excluding carboxylic acids is 1. The van der Waals surface area contributed by atoms with E-state index in [-0.39, 0.29) is 25.2 Å². The number of hydrogen-bond acceptors (Lipinski definition) is 7. The van der Waals surface area contributed by atoms with Crippen LogP contribution >= 0.6 is 0 Å². The van der Waals surface area contributed by atoms with Crippen molar-refractivity contribution in [2.75, 3.05) is 33.3 Å². The van der Waals surface area contributed by atoms with Gasteiger partial charge in [-0.25, -0.2) is 0 Å². The van der Waals surface area contributed by atoms with E-state index in [1.165, 1.54) is 65.5 Å². The second-order valence-corrected chi connectivity index (χ2v) is 20.9. The first kappa shape index (κ1) is 47.3. The van der Waals surface area contributed by atoms with Crippen LogP contribution in [0.3, 0.4) is 0 Å². The third-order valence-electron chi connectivity index (χ3n) is 14.4. The van der Waals surface area contributed by atoms with Crippen molar-refractivity contribution in [1.82, 2.24) is 9.80 Å². The molecule has 2 aliphatic heterocycles. The van der Waals surface area contributed by atoms with E-state index in [1.807, 2.05) is 0 Å². The molecule has 8 nitrogen and oxygen atoms in total. The van der Waals surface area contributed by atoms with Crippen LogP contribution < -0.4 is 9.47 Å². The third kappa shape index (κ3) is 12.5.